The Balaban J connectivity index is 2.69. The fourth-order valence-electron chi connectivity index (χ4n) is 1.47. The number of hydrogen-bond donors (Lipinski definition) is 1. The summed E-state index contributed by atoms with van der Waals surface area (Å²) in [6.07, 6.45) is 7.38. The van der Waals surface area contributed by atoms with Gasteiger partial charge in [-0.15, -0.1) is 0 Å². The monoisotopic (exact) mass is 257 g/mol. The van der Waals surface area contributed by atoms with Crippen molar-refractivity contribution >= 4 is 11.6 Å². The van der Waals surface area contributed by atoms with Crippen LogP contribution in [0, 0.1) is 0 Å². The van der Waals surface area contributed by atoms with Crippen LogP contribution in [0.4, 0.5) is 5.69 Å². The molecule has 100 valence electrons. The highest BCUT2D eigenvalue weighted by Crippen LogP contribution is 2.10. The zero-order valence-corrected chi connectivity index (χ0v) is 11.3. The molecule has 0 aliphatic heterocycles. The van der Waals surface area contributed by atoms with Gasteiger partial charge in [-0.2, -0.15) is 0 Å². The molecule has 1 aromatic carbocycles. The van der Waals surface area contributed by atoms with Crippen molar-refractivity contribution in [1.82, 2.24) is 0 Å². The second kappa shape index (κ2) is 7.93. The Labute approximate surface area is 114 Å². The lowest BCUT2D eigenvalue weighted by molar-refractivity contribution is -0.112. The third-order valence-electron chi connectivity index (χ3n) is 2.54. The van der Waals surface area contributed by atoms with E-state index in [1.54, 1.807) is 18.2 Å². The molecule has 3 heteroatoms. The van der Waals surface area contributed by atoms with E-state index in [1.807, 2.05) is 24.3 Å². The number of aryl methyl sites for hydroxylation is 1. The fourth-order valence-corrected chi connectivity index (χ4v) is 1.47. The van der Waals surface area contributed by atoms with Crippen molar-refractivity contribution < 1.29 is 9.53 Å². The average molecular weight is 257 g/mol. The summed E-state index contributed by atoms with van der Waals surface area (Å²) < 4.78 is 5.06. The van der Waals surface area contributed by atoms with Gasteiger partial charge in [0.25, 0.3) is 5.91 Å². The van der Waals surface area contributed by atoms with Gasteiger partial charge in [0.05, 0.1) is 7.11 Å². The van der Waals surface area contributed by atoms with Gasteiger partial charge in [-0.3, -0.25) is 4.79 Å². The normalized spacial score (nSPS) is 11.4. The number of carbonyl (C=O) groups excluding carboxylic acids is 1. The maximum Gasteiger partial charge on any atom is 0.252 e. The van der Waals surface area contributed by atoms with Crippen LogP contribution in [0.2, 0.25) is 0 Å². The largest absolute Gasteiger partial charge is 0.497 e. The molecule has 0 radical (unpaired) electrons. The van der Waals surface area contributed by atoms with E-state index in [0.717, 1.165) is 12.1 Å². The molecule has 0 bridgehead atoms. The van der Waals surface area contributed by atoms with Gasteiger partial charge < -0.3 is 10.1 Å². The van der Waals surface area contributed by atoms with E-state index in [4.69, 9.17) is 4.74 Å². The van der Waals surface area contributed by atoms with Crippen LogP contribution in [0.3, 0.4) is 0 Å². The standard InChI is InChI=1S/C16H19NO2/c1-4-6-7-15(19-3)12-16(18)17-14-10-8-13(5-2)9-11-14/h4,6-12H,1,5H2,2-3H3,(H,17,18). The Bertz CT molecular complexity index is 484. The van der Waals surface area contributed by atoms with Crippen LogP contribution in [-0.4, -0.2) is 13.0 Å². The first kappa shape index (κ1) is 14.8. The van der Waals surface area contributed by atoms with Crippen molar-refractivity contribution in [2.45, 2.75) is 13.3 Å². The zero-order chi connectivity index (χ0) is 14.1. The van der Waals surface area contributed by atoms with Crippen LogP contribution in [0.5, 0.6) is 0 Å². The molecule has 1 rings (SSSR count). The molecule has 0 aliphatic carbocycles. The molecule has 0 heterocycles. The van der Waals surface area contributed by atoms with Crippen LogP contribution < -0.4 is 5.32 Å². The van der Waals surface area contributed by atoms with Crippen LogP contribution in [-0.2, 0) is 16.0 Å². The van der Waals surface area contributed by atoms with Gasteiger partial charge in [0, 0.05) is 11.8 Å². The second-order valence-corrected chi connectivity index (χ2v) is 3.89. The number of benzene rings is 1. The Hall–Kier alpha value is -2.29. The lowest BCUT2D eigenvalue weighted by Gasteiger charge is -2.04. The third kappa shape index (κ3) is 5.25. The minimum Gasteiger partial charge on any atom is -0.497 e. The number of amides is 1. The topological polar surface area (TPSA) is 38.3 Å². The van der Waals surface area contributed by atoms with Gasteiger partial charge in [-0.1, -0.05) is 37.8 Å². The van der Waals surface area contributed by atoms with Gasteiger partial charge in [0.2, 0.25) is 0 Å². The van der Waals surface area contributed by atoms with Gasteiger partial charge in [0.15, 0.2) is 0 Å². The molecule has 0 saturated carbocycles. The molecule has 3 nitrogen and oxygen atoms in total. The summed E-state index contributed by atoms with van der Waals surface area (Å²) in [6, 6.07) is 7.76. The number of ether oxygens (including phenoxy) is 1. The highest BCUT2D eigenvalue weighted by atomic mass is 16.5. The predicted molar refractivity (Wildman–Crippen MR) is 78.9 cm³/mol. The molecule has 0 unspecified atom stereocenters. The SMILES string of the molecule is C=CC=CC(=CC(=O)Nc1ccc(CC)cc1)OC. The summed E-state index contributed by atoms with van der Waals surface area (Å²) in [5, 5.41) is 2.78. The van der Waals surface area contributed by atoms with E-state index in [2.05, 4.69) is 18.8 Å². The highest BCUT2D eigenvalue weighted by Gasteiger charge is 2.00. The van der Waals surface area contributed by atoms with Crippen LogP contribution in [0.1, 0.15) is 12.5 Å². The van der Waals surface area contributed by atoms with E-state index in [0.29, 0.717) is 5.76 Å². The Morgan fingerprint density at radius 2 is 2.05 bits per heavy atom. The number of rotatable bonds is 6. The summed E-state index contributed by atoms with van der Waals surface area (Å²) in [7, 11) is 1.52. The average Bonchev–Trinajstić information content (AvgIpc) is 2.44. The molecule has 1 amide bonds. The van der Waals surface area contributed by atoms with Gasteiger partial charge in [-0.05, 0) is 30.2 Å². The predicted octanol–water partition coefficient (Wildman–Crippen LogP) is 3.46. The van der Waals surface area contributed by atoms with Crippen LogP contribution in [0.25, 0.3) is 0 Å². The highest BCUT2D eigenvalue weighted by molar-refractivity contribution is 5.99. The zero-order valence-electron chi connectivity index (χ0n) is 11.3. The molecule has 0 atom stereocenters. The summed E-state index contributed by atoms with van der Waals surface area (Å²) in [6.45, 7) is 5.65. The van der Waals surface area contributed by atoms with Crippen LogP contribution >= 0.6 is 0 Å². The summed E-state index contributed by atoms with van der Waals surface area (Å²) in [5.41, 5.74) is 2.00. The fraction of sp³-hybridized carbons (Fsp3) is 0.188. The molecule has 1 N–H and O–H groups in total. The number of nitrogens with one attached hydrogen (secondary N) is 1. The Morgan fingerprint density at radius 3 is 2.58 bits per heavy atom. The first-order valence-corrected chi connectivity index (χ1v) is 6.14. The Kier molecular flexibility index (Phi) is 6.16. The van der Waals surface area contributed by atoms with Crippen molar-refractivity contribution in [3.05, 3.63) is 66.5 Å². The summed E-state index contributed by atoms with van der Waals surface area (Å²) >= 11 is 0. The third-order valence-corrected chi connectivity index (χ3v) is 2.54. The maximum absolute atomic E-state index is 11.8. The number of anilines is 1. The molecule has 0 spiro atoms. The maximum atomic E-state index is 11.8. The van der Waals surface area contributed by atoms with E-state index in [9.17, 15) is 4.79 Å². The molecular formula is C16H19NO2. The van der Waals surface area contributed by atoms with E-state index in [-0.39, 0.29) is 5.91 Å². The molecule has 0 aliphatic rings. The number of carbonyl (C=O) groups is 1. The molecule has 0 aromatic heterocycles. The van der Waals surface area contributed by atoms with Crippen molar-refractivity contribution in [3.63, 3.8) is 0 Å². The first-order chi connectivity index (χ1) is 9.19. The molecule has 19 heavy (non-hydrogen) atoms. The number of hydrogen-bond acceptors (Lipinski definition) is 2. The first-order valence-electron chi connectivity index (χ1n) is 6.14. The minimum atomic E-state index is -0.227. The quantitative estimate of drug-likeness (QED) is 0.481. The summed E-state index contributed by atoms with van der Waals surface area (Å²) in [4.78, 5) is 11.8. The minimum absolute atomic E-state index is 0.227. The lowest BCUT2D eigenvalue weighted by Crippen LogP contribution is -2.09. The lowest BCUT2D eigenvalue weighted by atomic mass is 10.1. The molecule has 1 aromatic rings. The smallest absolute Gasteiger partial charge is 0.252 e. The number of methoxy groups -OCH3 is 1. The van der Waals surface area contributed by atoms with Crippen molar-refractivity contribution in [2.75, 3.05) is 12.4 Å². The van der Waals surface area contributed by atoms with E-state index < -0.39 is 0 Å². The van der Waals surface area contributed by atoms with E-state index >= 15 is 0 Å². The van der Waals surface area contributed by atoms with Gasteiger partial charge in [-0.25, -0.2) is 0 Å². The molecule has 0 saturated heterocycles. The van der Waals surface area contributed by atoms with Gasteiger partial charge >= 0.3 is 0 Å². The van der Waals surface area contributed by atoms with Crippen molar-refractivity contribution in [1.29, 1.82) is 0 Å². The summed E-state index contributed by atoms with van der Waals surface area (Å²) in [5.74, 6) is 0.248. The van der Waals surface area contributed by atoms with Gasteiger partial charge in [0.1, 0.15) is 5.76 Å². The van der Waals surface area contributed by atoms with E-state index in [1.165, 1.54) is 18.7 Å². The Morgan fingerprint density at radius 1 is 1.37 bits per heavy atom. The second-order valence-electron chi connectivity index (χ2n) is 3.89. The molecule has 0 fully saturated rings. The van der Waals surface area contributed by atoms with Crippen LogP contribution in [0.15, 0.2) is 60.9 Å². The van der Waals surface area contributed by atoms with Crippen molar-refractivity contribution in [3.8, 4) is 0 Å². The number of allylic oxidation sites excluding steroid dienone is 3. The molecular weight excluding hydrogens is 238 g/mol. The van der Waals surface area contributed by atoms with Crippen molar-refractivity contribution in [2.24, 2.45) is 0 Å².